The van der Waals surface area contributed by atoms with E-state index < -0.39 is 11.9 Å². The van der Waals surface area contributed by atoms with Gasteiger partial charge in [0.15, 0.2) is 0 Å². The van der Waals surface area contributed by atoms with Crippen molar-refractivity contribution in [3.8, 4) is 0 Å². The standard InChI is InChI=1S/C20H23N3O5/c1-3-28-20(26)14-5-7-17(8-6-14)23-19(25)16-11-15(12-21-13-16)18(24)22-9-4-10-27-2/h5-8,11-13H,3-4,9-10H2,1-2H3,(H,22,24)(H,23,25). The van der Waals surface area contributed by atoms with Crippen molar-refractivity contribution in [1.82, 2.24) is 10.3 Å². The van der Waals surface area contributed by atoms with Crippen LogP contribution >= 0.6 is 0 Å². The zero-order valence-electron chi connectivity index (χ0n) is 15.9. The van der Waals surface area contributed by atoms with Gasteiger partial charge in [0, 0.05) is 38.3 Å². The molecule has 1 aromatic carbocycles. The lowest BCUT2D eigenvalue weighted by molar-refractivity contribution is 0.0526. The molecule has 0 saturated carbocycles. The highest BCUT2D eigenvalue weighted by Crippen LogP contribution is 2.13. The summed E-state index contributed by atoms with van der Waals surface area (Å²) in [6.45, 7) is 3.04. The van der Waals surface area contributed by atoms with Gasteiger partial charge < -0.3 is 20.1 Å². The van der Waals surface area contributed by atoms with Crippen LogP contribution in [0.2, 0.25) is 0 Å². The van der Waals surface area contributed by atoms with Crippen molar-refractivity contribution in [2.75, 3.05) is 32.2 Å². The quantitative estimate of drug-likeness (QED) is 0.507. The molecule has 0 unspecified atom stereocenters. The lowest BCUT2D eigenvalue weighted by atomic mass is 10.1. The van der Waals surface area contributed by atoms with Crippen LogP contribution in [0.4, 0.5) is 5.69 Å². The molecule has 0 spiro atoms. The summed E-state index contributed by atoms with van der Waals surface area (Å²) < 4.78 is 9.84. The van der Waals surface area contributed by atoms with Gasteiger partial charge in [-0.1, -0.05) is 0 Å². The van der Waals surface area contributed by atoms with Gasteiger partial charge in [-0.05, 0) is 43.7 Å². The third-order valence-electron chi connectivity index (χ3n) is 3.73. The summed E-state index contributed by atoms with van der Waals surface area (Å²) in [6, 6.07) is 7.81. The lowest BCUT2D eigenvalue weighted by Crippen LogP contribution is -2.25. The summed E-state index contributed by atoms with van der Waals surface area (Å²) >= 11 is 0. The van der Waals surface area contributed by atoms with E-state index in [1.807, 2.05) is 0 Å². The molecule has 0 atom stereocenters. The number of ether oxygens (including phenoxy) is 2. The number of hydrogen-bond acceptors (Lipinski definition) is 6. The fourth-order valence-electron chi connectivity index (χ4n) is 2.32. The number of nitrogens with zero attached hydrogens (tertiary/aromatic N) is 1. The predicted octanol–water partition coefficient (Wildman–Crippen LogP) is 2.28. The minimum atomic E-state index is -0.422. The van der Waals surface area contributed by atoms with E-state index in [1.165, 1.54) is 18.5 Å². The zero-order valence-corrected chi connectivity index (χ0v) is 15.9. The Morgan fingerprint density at radius 1 is 1.00 bits per heavy atom. The van der Waals surface area contributed by atoms with Crippen LogP contribution in [-0.4, -0.2) is 49.6 Å². The number of nitrogens with one attached hydrogen (secondary N) is 2. The lowest BCUT2D eigenvalue weighted by Gasteiger charge is -2.08. The monoisotopic (exact) mass is 385 g/mol. The normalized spacial score (nSPS) is 10.2. The molecule has 0 aliphatic carbocycles. The van der Waals surface area contributed by atoms with Crippen molar-refractivity contribution in [1.29, 1.82) is 0 Å². The van der Waals surface area contributed by atoms with Gasteiger partial charge in [0.1, 0.15) is 0 Å². The highest BCUT2D eigenvalue weighted by atomic mass is 16.5. The first-order chi connectivity index (χ1) is 13.5. The van der Waals surface area contributed by atoms with Crippen LogP contribution in [0.3, 0.4) is 0 Å². The summed E-state index contributed by atoms with van der Waals surface area (Å²) in [5.41, 5.74) is 1.45. The number of esters is 1. The first-order valence-corrected chi connectivity index (χ1v) is 8.86. The second-order valence-corrected chi connectivity index (χ2v) is 5.82. The number of aromatic nitrogens is 1. The Balaban J connectivity index is 1.98. The number of methoxy groups -OCH3 is 1. The molecule has 2 amide bonds. The Morgan fingerprint density at radius 2 is 1.68 bits per heavy atom. The maximum absolute atomic E-state index is 12.4. The highest BCUT2D eigenvalue weighted by Gasteiger charge is 2.12. The molecule has 148 valence electrons. The van der Waals surface area contributed by atoms with Gasteiger partial charge in [0.2, 0.25) is 0 Å². The van der Waals surface area contributed by atoms with E-state index in [9.17, 15) is 14.4 Å². The first kappa shape index (κ1) is 21.0. The van der Waals surface area contributed by atoms with E-state index in [-0.39, 0.29) is 11.5 Å². The van der Waals surface area contributed by atoms with Crippen molar-refractivity contribution in [3.05, 3.63) is 59.4 Å². The SMILES string of the molecule is CCOC(=O)c1ccc(NC(=O)c2cncc(C(=O)NCCCOC)c2)cc1. The molecular formula is C20H23N3O5. The van der Waals surface area contributed by atoms with E-state index in [0.717, 1.165) is 0 Å². The summed E-state index contributed by atoms with van der Waals surface area (Å²) in [5.74, 6) is -1.14. The molecule has 0 aliphatic rings. The van der Waals surface area contributed by atoms with Gasteiger partial charge in [0.25, 0.3) is 11.8 Å². The van der Waals surface area contributed by atoms with Crippen molar-refractivity contribution >= 4 is 23.5 Å². The molecule has 2 N–H and O–H groups in total. The second kappa shape index (κ2) is 10.8. The van der Waals surface area contributed by atoms with Crippen LogP contribution in [0.25, 0.3) is 0 Å². The van der Waals surface area contributed by atoms with Crippen LogP contribution in [0.15, 0.2) is 42.7 Å². The number of rotatable bonds is 9. The van der Waals surface area contributed by atoms with Crippen molar-refractivity contribution in [2.24, 2.45) is 0 Å². The maximum atomic E-state index is 12.4. The van der Waals surface area contributed by atoms with E-state index in [0.29, 0.717) is 43.0 Å². The molecule has 2 aromatic rings. The molecule has 0 saturated heterocycles. The minimum absolute atomic E-state index is 0.249. The Hall–Kier alpha value is -3.26. The van der Waals surface area contributed by atoms with Crippen LogP contribution in [0.1, 0.15) is 44.4 Å². The minimum Gasteiger partial charge on any atom is -0.462 e. The molecule has 2 rings (SSSR count). The molecule has 8 heteroatoms. The molecular weight excluding hydrogens is 362 g/mol. The fourth-order valence-corrected chi connectivity index (χ4v) is 2.32. The van der Waals surface area contributed by atoms with E-state index in [2.05, 4.69) is 15.6 Å². The van der Waals surface area contributed by atoms with Gasteiger partial charge in [-0.15, -0.1) is 0 Å². The molecule has 0 aliphatic heterocycles. The molecule has 0 bridgehead atoms. The maximum Gasteiger partial charge on any atom is 0.338 e. The van der Waals surface area contributed by atoms with Gasteiger partial charge in [-0.3, -0.25) is 14.6 Å². The summed E-state index contributed by atoms with van der Waals surface area (Å²) in [7, 11) is 1.60. The smallest absolute Gasteiger partial charge is 0.338 e. The van der Waals surface area contributed by atoms with E-state index >= 15 is 0 Å². The Labute approximate surface area is 163 Å². The van der Waals surface area contributed by atoms with E-state index in [1.54, 1.807) is 38.3 Å². The number of amides is 2. The van der Waals surface area contributed by atoms with Gasteiger partial charge >= 0.3 is 5.97 Å². The first-order valence-electron chi connectivity index (χ1n) is 8.86. The Bertz CT molecular complexity index is 821. The number of hydrogen-bond donors (Lipinski definition) is 2. The van der Waals surface area contributed by atoms with Crippen LogP contribution in [-0.2, 0) is 9.47 Å². The second-order valence-electron chi connectivity index (χ2n) is 5.82. The fraction of sp³-hybridized carbons (Fsp3) is 0.300. The Kier molecular flexibility index (Phi) is 8.11. The van der Waals surface area contributed by atoms with Crippen LogP contribution in [0, 0.1) is 0 Å². The zero-order chi connectivity index (χ0) is 20.4. The number of carbonyl (C=O) groups is 3. The van der Waals surface area contributed by atoms with Gasteiger partial charge in [-0.2, -0.15) is 0 Å². The average molecular weight is 385 g/mol. The molecule has 1 heterocycles. The largest absolute Gasteiger partial charge is 0.462 e. The summed E-state index contributed by atoms with van der Waals surface area (Å²) in [5, 5.41) is 5.45. The van der Waals surface area contributed by atoms with Crippen LogP contribution in [0.5, 0.6) is 0 Å². The molecule has 0 radical (unpaired) electrons. The molecule has 0 fully saturated rings. The third kappa shape index (κ3) is 6.17. The number of benzene rings is 1. The molecule has 8 nitrogen and oxygen atoms in total. The third-order valence-corrected chi connectivity index (χ3v) is 3.73. The summed E-state index contributed by atoms with van der Waals surface area (Å²) in [4.78, 5) is 40.2. The van der Waals surface area contributed by atoms with Crippen molar-refractivity contribution in [3.63, 3.8) is 0 Å². The van der Waals surface area contributed by atoms with Crippen molar-refractivity contribution < 1.29 is 23.9 Å². The van der Waals surface area contributed by atoms with Gasteiger partial charge in [-0.25, -0.2) is 4.79 Å². The highest BCUT2D eigenvalue weighted by molar-refractivity contribution is 6.06. The topological polar surface area (TPSA) is 107 Å². The molecule has 28 heavy (non-hydrogen) atoms. The molecule has 1 aromatic heterocycles. The summed E-state index contributed by atoms with van der Waals surface area (Å²) in [6.07, 6.45) is 3.47. The van der Waals surface area contributed by atoms with Gasteiger partial charge in [0.05, 0.1) is 23.3 Å². The Morgan fingerprint density at radius 3 is 2.32 bits per heavy atom. The van der Waals surface area contributed by atoms with E-state index in [4.69, 9.17) is 9.47 Å². The van der Waals surface area contributed by atoms with Crippen molar-refractivity contribution in [2.45, 2.75) is 13.3 Å². The number of pyridine rings is 1. The average Bonchev–Trinajstić information content (AvgIpc) is 2.72. The predicted molar refractivity (Wildman–Crippen MR) is 103 cm³/mol. The van der Waals surface area contributed by atoms with Crippen LogP contribution < -0.4 is 10.6 Å². The number of carbonyl (C=O) groups excluding carboxylic acids is 3. The number of anilines is 1.